The Kier molecular flexibility index (Phi) is 5.48. The maximum absolute atomic E-state index is 14.3. The summed E-state index contributed by atoms with van der Waals surface area (Å²) in [5.41, 5.74) is -0.709. The first-order valence-electron chi connectivity index (χ1n) is 9.11. The molecule has 4 rings (SSSR count). The van der Waals surface area contributed by atoms with Crippen LogP contribution in [0.4, 0.5) is 22.0 Å². The van der Waals surface area contributed by atoms with E-state index in [9.17, 15) is 22.0 Å². The van der Waals surface area contributed by atoms with Crippen molar-refractivity contribution in [1.29, 1.82) is 0 Å². The van der Waals surface area contributed by atoms with E-state index in [1.807, 2.05) is 0 Å². The third-order valence-electron chi connectivity index (χ3n) is 5.16. The van der Waals surface area contributed by atoms with Crippen molar-refractivity contribution in [1.82, 2.24) is 10.3 Å². The summed E-state index contributed by atoms with van der Waals surface area (Å²) >= 11 is 1.29. The van der Waals surface area contributed by atoms with E-state index in [-0.39, 0.29) is 17.1 Å². The fourth-order valence-corrected chi connectivity index (χ4v) is 4.77. The molecular formula is C21H17F5N2S. The molecule has 0 aliphatic heterocycles. The third-order valence-corrected chi connectivity index (χ3v) is 6.55. The lowest BCUT2D eigenvalue weighted by Crippen LogP contribution is -2.45. The molecule has 1 saturated carbocycles. The van der Waals surface area contributed by atoms with Gasteiger partial charge < -0.3 is 5.32 Å². The van der Waals surface area contributed by atoms with E-state index in [1.54, 1.807) is 24.5 Å². The maximum atomic E-state index is 14.3. The van der Waals surface area contributed by atoms with Gasteiger partial charge in [-0.25, -0.2) is 8.78 Å². The van der Waals surface area contributed by atoms with Crippen LogP contribution in [0.5, 0.6) is 0 Å². The van der Waals surface area contributed by atoms with Crippen LogP contribution in [0, 0.1) is 11.6 Å². The van der Waals surface area contributed by atoms with E-state index in [1.165, 1.54) is 23.9 Å². The Morgan fingerprint density at radius 1 is 1.03 bits per heavy atom. The smallest absolute Gasteiger partial charge is 0.309 e. The molecule has 1 heterocycles. The molecule has 2 aromatic carbocycles. The van der Waals surface area contributed by atoms with Crippen molar-refractivity contribution in [2.75, 3.05) is 0 Å². The van der Waals surface area contributed by atoms with Gasteiger partial charge in [0, 0.05) is 46.1 Å². The quantitative estimate of drug-likeness (QED) is 0.513. The number of pyridine rings is 1. The second-order valence-electron chi connectivity index (χ2n) is 6.98. The largest absolute Gasteiger partial charge is 0.419 e. The molecule has 0 spiro atoms. The lowest BCUT2D eigenvalue weighted by atomic mass is 9.92. The van der Waals surface area contributed by atoms with E-state index in [2.05, 4.69) is 10.3 Å². The molecule has 1 aromatic heterocycles. The highest BCUT2D eigenvalue weighted by Gasteiger charge is 2.36. The molecule has 29 heavy (non-hydrogen) atoms. The van der Waals surface area contributed by atoms with Crippen LogP contribution >= 0.6 is 11.8 Å². The van der Waals surface area contributed by atoms with E-state index < -0.39 is 17.6 Å². The van der Waals surface area contributed by atoms with Crippen LogP contribution in [0.3, 0.4) is 0 Å². The highest BCUT2D eigenvalue weighted by atomic mass is 32.2. The summed E-state index contributed by atoms with van der Waals surface area (Å²) in [6, 6.07) is 7.96. The lowest BCUT2D eigenvalue weighted by molar-refractivity contribution is -0.140. The molecular weight excluding hydrogens is 407 g/mol. The SMILES string of the molecule is Fc1ccc(S[C@@H]2CC[C@H]2NCc2c(F)ccc3cnccc23)cc1C(F)(F)F. The van der Waals surface area contributed by atoms with Crippen molar-refractivity contribution in [3.05, 3.63) is 71.6 Å². The number of nitrogens with one attached hydrogen (secondary N) is 1. The standard InChI is InChI=1S/C21H17F5N2S/c22-17-3-1-12-10-27-8-7-14(12)15(17)11-28-19-5-6-20(19)29-13-2-4-18(23)16(9-13)21(24,25)26/h1-4,7-10,19-20,28H,5-6,11H2/t19-,20-/m1/s1. The van der Waals surface area contributed by atoms with E-state index in [0.29, 0.717) is 17.0 Å². The fourth-order valence-electron chi connectivity index (χ4n) is 3.43. The van der Waals surface area contributed by atoms with Gasteiger partial charge in [0.25, 0.3) is 0 Å². The molecule has 3 aromatic rings. The molecule has 1 aliphatic carbocycles. The zero-order valence-corrected chi connectivity index (χ0v) is 16.0. The molecule has 1 fully saturated rings. The molecule has 1 aliphatic rings. The van der Waals surface area contributed by atoms with Crippen LogP contribution in [-0.4, -0.2) is 16.3 Å². The van der Waals surface area contributed by atoms with Crippen molar-refractivity contribution in [2.24, 2.45) is 0 Å². The van der Waals surface area contributed by atoms with Gasteiger partial charge in [-0.3, -0.25) is 4.98 Å². The lowest BCUT2D eigenvalue weighted by Gasteiger charge is -2.37. The van der Waals surface area contributed by atoms with Gasteiger partial charge >= 0.3 is 6.18 Å². The second kappa shape index (κ2) is 7.91. The van der Waals surface area contributed by atoms with Gasteiger partial charge in [0.15, 0.2) is 0 Å². The van der Waals surface area contributed by atoms with Gasteiger partial charge in [-0.2, -0.15) is 13.2 Å². The normalized spacial score (nSPS) is 19.3. The first-order valence-corrected chi connectivity index (χ1v) is 9.99. The van der Waals surface area contributed by atoms with Crippen molar-refractivity contribution < 1.29 is 22.0 Å². The summed E-state index contributed by atoms with van der Waals surface area (Å²) < 4.78 is 66.5. The van der Waals surface area contributed by atoms with Gasteiger partial charge in [0.2, 0.25) is 0 Å². The number of fused-ring (bicyclic) bond motifs is 1. The van der Waals surface area contributed by atoms with Crippen molar-refractivity contribution in [2.45, 2.75) is 41.7 Å². The number of aromatic nitrogens is 1. The molecule has 1 N–H and O–H groups in total. The highest BCUT2D eigenvalue weighted by molar-refractivity contribution is 8.00. The Morgan fingerprint density at radius 2 is 1.83 bits per heavy atom. The Balaban J connectivity index is 1.45. The number of rotatable bonds is 5. The summed E-state index contributed by atoms with van der Waals surface area (Å²) in [4.78, 5) is 4.42. The highest BCUT2D eigenvalue weighted by Crippen LogP contribution is 2.40. The average Bonchev–Trinajstić information content (AvgIpc) is 2.67. The Morgan fingerprint density at radius 3 is 2.55 bits per heavy atom. The first-order chi connectivity index (χ1) is 13.8. The molecule has 8 heteroatoms. The fraction of sp³-hybridized carbons (Fsp3) is 0.286. The van der Waals surface area contributed by atoms with Crippen LogP contribution in [0.1, 0.15) is 24.0 Å². The Hall–Kier alpha value is -2.19. The first kappa shape index (κ1) is 20.1. The minimum absolute atomic E-state index is 0.0379. The topological polar surface area (TPSA) is 24.9 Å². The van der Waals surface area contributed by atoms with Crippen LogP contribution in [0.15, 0.2) is 53.7 Å². The summed E-state index contributed by atoms with van der Waals surface area (Å²) in [5.74, 6) is -1.58. The number of halogens is 5. The molecule has 0 bridgehead atoms. The Labute approximate surface area is 168 Å². The number of benzene rings is 2. The van der Waals surface area contributed by atoms with Gasteiger partial charge in [-0.05, 0) is 54.6 Å². The van der Waals surface area contributed by atoms with Crippen LogP contribution < -0.4 is 5.32 Å². The van der Waals surface area contributed by atoms with E-state index in [0.717, 1.165) is 35.7 Å². The van der Waals surface area contributed by atoms with Crippen LogP contribution in [0.2, 0.25) is 0 Å². The van der Waals surface area contributed by atoms with Gasteiger partial charge in [-0.1, -0.05) is 0 Å². The molecule has 2 nitrogen and oxygen atoms in total. The van der Waals surface area contributed by atoms with E-state index in [4.69, 9.17) is 0 Å². The number of hydrogen-bond donors (Lipinski definition) is 1. The average molecular weight is 424 g/mol. The number of alkyl halides is 3. The molecule has 152 valence electrons. The molecule has 0 radical (unpaired) electrons. The molecule has 2 atom stereocenters. The van der Waals surface area contributed by atoms with E-state index >= 15 is 0 Å². The predicted molar refractivity (Wildman–Crippen MR) is 103 cm³/mol. The minimum atomic E-state index is -4.72. The summed E-state index contributed by atoms with van der Waals surface area (Å²) in [5, 5.41) is 4.99. The zero-order chi connectivity index (χ0) is 20.6. The van der Waals surface area contributed by atoms with Crippen LogP contribution in [0.25, 0.3) is 10.8 Å². The molecule has 0 saturated heterocycles. The van der Waals surface area contributed by atoms with Gasteiger partial charge in [0.1, 0.15) is 11.6 Å². The summed E-state index contributed by atoms with van der Waals surface area (Å²) in [6.45, 7) is 0.312. The Bertz CT molecular complexity index is 1040. The van der Waals surface area contributed by atoms with Crippen molar-refractivity contribution in [3.8, 4) is 0 Å². The van der Waals surface area contributed by atoms with Gasteiger partial charge in [0.05, 0.1) is 5.56 Å². The van der Waals surface area contributed by atoms with Crippen molar-refractivity contribution in [3.63, 3.8) is 0 Å². The second-order valence-corrected chi connectivity index (χ2v) is 8.30. The molecule has 0 amide bonds. The molecule has 0 unspecified atom stereocenters. The predicted octanol–water partition coefficient (Wildman–Crippen LogP) is 5.94. The number of thioether (sulfide) groups is 1. The minimum Gasteiger partial charge on any atom is -0.309 e. The van der Waals surface area contributed by atoms with Crippen molar-refractivity contribution >= 4 is 22.5 Å². The summed E-state index contributed by atoms with van der Waals surface area (Å²) in [6.07, 6.45) is 0.230. The number of nitrogens with zero attached hydrogens (tertiary/aromatic N) is 1. The van der Waals surface area contributed by atoms with Gasteiger partial charge in [-0.15, -0.1) is 11.8 Å². The third kappa shape index (κ3) is 4.23. The number of hydrogen-bond acceptors (Lipinski definition) is 3. The van der Waals surface area contributed by atoms with Crippen LogP contribution in [-0.2, 0) is 12.7 Å². The zero-order valence-electron chi connectivity index (χ0n) is 15.1. The summed E-state index contributed by atoms with van der Waals surface area (Å²) in [7, 11) is 0. The maximum Gasteiger partial charge on any atom is 0.419 e. The monoisotopic (exact) mass is 424 g/mol.